The number of sulfone groups is 1. The van der Waals surface area contributed by atoms with Crippen LogP contribution < -0.4 is 9.62 Å². The summed E-state index contributed by atoms with van der Waals surface area (Å²) in [5, 5.41) is 13.7. The fourth-order valence-electron chi connectivity index (χ4n) is 2.90. The summed E-state index contributed by atoms with van der Waals surface area (Å²) in [5.74, 6) is -0.615. The van der Waals surface area contributed by atoms with E-state index in [0.29, 0.717) is 12.0 Å². The Bertz CT molecular complexity index is 1180. The Labute approximate surface area is 181 Å². The Morgan fingerprint density at radius 1 is 1.10 bits per heavy atom. The standard InChI is InChI=1S/C19H23N3O7S2/c1-4-18(14-8-10-17(11-9-14)30(2,26)27)20-19(23)13-21(31(3,28)29)15-6-5-7-16(12-15)22(24)25/h5-12,18H,4,13H2,1-3H3,(H,20,23). The molecule has 0 bridgehead atoms. The van der Waals surface area contributed by atoms with Crippen molar-refractivity contribution in [2.24, 2.45) is 0 Å². The van der Waals surface area contributed by atoms with Crippen LogP contribution >= 0.6 is 0 Å². The average molecular weight is 470 g/mol. The van der Waals surface area contributed by atoms with Gasteiger partial charge in [-0.3, -0.25) is 19.2 Å². The van der Waals surface area contributed by atoms with Gasteiger partial charge in [0.15, 0.2) is 9.84 Å². The Kier molecular flexibility index (Phi) is 7.39. The second kappa shape index (κ2) is 9.43. The van der Waals surface area contributed by atoms with Crippen LogP contribution in [0.15, 0.2) is 53.4 Å². The molecule has 0 aliphatic rings. The monoisotopic (exact) mass is 469 g/mol. The summed E-state index contributed by atoms with van der Waals surface area (Å²) in [6.45, 7) is 1.24. The zero-order valence-electron chi connectivity index (χ0n) is 17.2. The van der Waals surface area contributed by atoms with Gasteiger partial charge in [-0.25, -0.2) is 16.8 Å². The quantitative estimate of drug-likeness (QED) is 0.437. The molecule has 168 valence electrons. The SMILES string of the molecule is CCC(NC(=O)CN(c1cccc([N+](=O)[O-])c1)S(C)(=O)=O)c1ccc(S(C)(=O)=O)cc1. The number of anilines is 1. The largest absolute Gasteiger partial charge is 0.348 e. The number of benzene rings is 2. The molecule has 1 atom stereocenters. The molecule has 10 nitrogen and oxygen atoms in total. The molecule has 0 saturated heterocycles. The number of amides is 1. The van der Waals surface area contributed by atoms with Gasteiger partial charge in [0.2, 0.25) is 15.9 Å². The molecule has 0 spiro atoms. The van der Waals surface area contributed by atoms with E-state index in [0.717, 1.165) is 22.9 Å². The third-order valence-corrected chi connectivity index (χ3v) is 6.74. The van der Waals surface area contributed by atoms with Crippen LogP contribution in [0.4, 0.5) is 11.4 Å². The van der Waals surface area contributed by atoms with Gasteiger partial charge in [-0.2, -0.15) is 0 Å². The molecule has 0 aliphatic heterocycles. The van der Waals surface area contributed by atoms with E-state index in [1.54, 1.807) is 12.1 Å². The molecule has 0 saturated carbocycles. The van der Waals surface area contributed by atoms with Crippen LogP contribution in [0.25, 0.3) is 0 Å². The Morgan fingerprint density at radius 2 is 1.71 bits per heavy atom. The third kappa shape index (κ3) is 6.49. The molecular weight excluding hydrogens is 446 g/mol. The second-order valence-corrected chi connectivity index (χ2v) is 10.8. The Morgan fingerprint density at radius 3 is 2.19 bits per heavy atom. The Hall–Kier alpha value is -2.99. The van der Waals surface area contributed by atoms with Gasteiger partial charge in [-0.1, -0.05) is 25.1 Å². The van der Waals surface area contributed by atoms with Crippen LogP contribution in [0, 0.1) is 10.1 Å². The van der Waals surface area contributed by atoms with Crippen LogP contribution in [0.1, 0.15) is 24.9 Å². The van der Waals surface area contributed by atoms with Crippen molar-refractivity contribution in [3.63, 3.8) is 0 Å². The number of hydrogen-bond acceptors (Lipinski definition) is 7. The van der Waals surface area contributed by atoms with E-state index in [9.17, 15) is 31.7 Å². The molecule has 2 aromatic carbocycles. The molecule has 31 heavy (non-hydrogen) atoms. The van der Waals surface area contributed by atoms with Crippen molar-refractivity contribution in [2.45, 2.75) is 24.3 Å². The number of nitro benzene ring substituents is 1. The summed E-state index contributed by atoms with van der Waals surface area (Å²) in [6.07, 6.45) is 2.47. The number of nitrogens with one attached hydrogen (secondary N) is 1. The van der Waals surface area contributed by atoms with Crippen LogP contribution in [0.2, 0.25) is 0 Å². The number of nitrogens with zero attached hydrogens (tertiary/aromatic N) is 2. The van der Waals surface area contributed by atoms with Gasteiger partial charge < -0.3 is 5.32 Å². The van der Waals surface area contributed by atoms with Crippen LogP contribution in [-0.4, -0.2) is 46.7 Å². The van der Waals surface area contributed by atoms with Crippen molar-refractivity contribution in [1.82, 2.24) is 5.32 Å². The summed E-state index contributed by atoms with van der Waals surface area (Å²) in [6, 6.07) is 10.6. The molecule has 0 aromatic heterocycles. The number of rotatable bonds is 9. The number of hydrogen-bond donors (Lipinski definition) is 1. The van der Waals surface area contributed by atoms with Crippen LogP contribution in [0.5, 0.6) is 0 Å². The maximum absolute atomic E-state index is 12.6. The topological polar surface area (TPSA) is 144 Å². The van der Waals surface area contributed by atoms with Crippen LogP contribution in [0.3, 0.4) is 0 Å². The van der Waals surface area contributed by atoms with E-state index in [1.807, 2.05) is 6.92 Å². The second-order valence-electron chi connectivity index (χ2n) is 6.92. The number of carbonyl (C=O) groups excluding carboxylic acids is 1. The van der Waals surface area contributed by atoms with Gasteiger partial charge in [0, 0.05) is 18.4 Å². The lowest BCUT2D eigenvalue weighted by atomic mass is 10.0. The van der Waals surface area contributed by atoms with Gasteiger partial charge in [0.25, 0.3) is 5.69 Å². The van der Waals surface area contributed by atoms with Gasteiger partial charge in [-0.05, 0) is 30.2 Å². The van der Waals surface area contributed by atoms with E-state index in [-0.39, 0.29) is 16.3 Å². The van der Waals surface area contributed by atoms with E-state index in [2.05, 4.69) is 5.32 Å². The van der Waals surface area contributed by atoms with Crippen molar-refractivity contribution in [2.75, 3.05) is 23.4 Å². The molecule has 0 aliphatic carbocycles. The van der Waals surface area contributed by atoms with Crippen molar-refractivity contribution in [3.05, 3.63) is 64.2 Å². The predicted octanol–water partition coefficient (Wildman–Crippen LogP) is 2.03. The van der Waals surface area contributed by atoms with Crippen molar-refractivity contribution in [1.29, 1.82) is 0 Å². The predicted molar refractivity (Wildman–Crippen MR) is 116 cm³/mol. The number of sulfonamides is 1. The first-order chi connectivity index (χ1) is 14.3. The van der Waals surface area contributed by atoms with E-state index in [1.165, 1.54) is 30.3 Å². The highest BCUT2D eigenvalue weighted by Gasteiger charge is 2.24. The summed E-state index contributed by atoms with van der Waals surface area (Å²) in [7, 11) is -7.26. The lowest BCUT2D eigenvalue weighted by Gasteiger charge is -2.24. The van der Waals surface area contributed by atoms with Crippen LogP contribution in [-0.2, 0) is 24.7 Å². The number of carbonyl (C=O) groups is 1. The van der Waals surface area contributed by atoms with Crippen molar-refractivity contribution in [3.8, 4) is 0 Å². The first kappa shape index (κ1) is 24.3. The molecule has 2 rings (SSSR count). The minimum atomic E-state index is -3.90. The molecule has 1 unspecified atom stereocenters. The summed E-state index contributed by atoms with van der Waals surface area (Å²) in [5.41, 5.74) is 0.353. The third-order valence-electron chi connectivity index (χ3n) is 4.47. The highest BCUT2D eigenvalue weighted by Crippen LogP contribution is 2.24. The highest BCUT2D eigenvalue weighted by atomic mass is 32.2. The van der Waals surface area contributed by atoms with Crippen molar-refractivity contribution >= 4 is 37.1 Å². The first-order valence-electron chi connectivity index (χ1n) is 9.14. The molecule has 12 heteroatoms. The van der Waals surface area contributed by atoms with Gasteiger partial charge >= 0.3 is 0 Å². The molecule has 0 radical (unpaired) electrons. The fraction of sp³-hybridized carbons (Fsp3) is 0.316. The summed E-state index contributed by atoms with van der Waals surface area (Å²) < 4.78 is 48.4. The first-order valence-corrected chi connectivity index (χ1v) is 12.9. The highest BCUT2D eigenvalue weighted by molar-refractivity contribution is 7.92. The molecule has 1 amide bonds. The molecule has 0 fully saturated rings. The van der Waals surface area contributed by atoms with Gasteiger partial charge in [0.05, 0.1) is 27.8 Å². The maximum atomic E-state index is 12.6. The zero-order chi connectivity index (χ0) is 23.4. The normalized spacial score (nSPS) is 12.7. The summed E-state index contributed by atoms with van der Waals surface area (Å²) >= 11 is 0. The Balaban J connectivity index is 2.23. The molecule has 2 aromatic rings. The zero-order valence-corrected chi connectivity index (χ0v) is 18.8. The number of nitro groups is 1. The lowest BCUT2D eigenvalue weighted by molar-refractivity contribution is -0.384. The van der Waals surface area contributed by atoms with Gasteiger partial charge in [0.1, 0.15) is 6.54 Å². The smallest absolute Gasteiger partial charge is 0.271 e. The summed E-state index contributed by atoms with van der Waals surface area (Å²) in [4.78, 5) is 23.1. The van der Waals surface area contributed by atoms with E-state index < -0.39 is 43.3 Å². The molecule has 1 N–H and O–H groups in total. The maximum Gasteiger partial charge on any atom is 0.271 e. The van der Waals surface area contributed by atoms with Gasteiger partial charge in [-0.15, -0.1) is 0 Å². The van der Waals surface area contributed by atoms with E-state index >= 15 is 0 Å². The number of non-ortho nitro benzene ring substituents is 1. The average Bonchev–Trinajstić information content (AvgIpc) is 2.69. The molecule has 0 heterocycles. The van der Waals surface area contributed by atoms with E-state index in [4.69, 9.17) is 0 Å². The molecular formula is C19H23N3O7S2. The minimum absolute atomic E-state index is 0.00240. The van der Waals surface area contributed by atoms with Crippen molar-refractivity contribution < 1.29 is 26.6 Å². The fourth-order valence-corrected chi connectivity index (χ4v) is 4.38. The minimum Gasteiger partial charge on any atom is -0.348 e. The lowest BCUT2D eigenvalue weighted by Crippen LogP contribution is -2.41.